The van der Waals surface area contributed by atoms with Gasteiger partial charge in [-0.2, -0.15) is 5.10 Å². The maximum absolute atomic E-state index is 12.1. The summed E-state index contributed by atoms with van der Waals surface area (Å²) in [5.41, 5.74) is 3.10. The number of amides is 1. The number of fused-ring (bicyclic) bond motifs is 1. The van der Waals surface area contributed by atoms with Crippen LogP contribution in [0.4, 0.5) is 5.88 Å². The van der Waals surface area contributed by atoms with Crippen LogP contribution in [0.2, 0.25) is 0 Å². The third-order valence-electron chi connectivity index (χ3n) is 3.99. The van der Waals surface area contributed by atoms with E-state index in [0.29, 0.717) is 24.6 Å². The minimum Gasteiger partial charge on any atom is -0.451 e. The normalized spacial score (nSPS) is 15.0. The number of hydrazone groups is 1. The average Bonchev–Trinajstić information content (AvgIpc) is 3.26. The van der Waals surface area contributed by atoms with Gasteiger partial charge in [-0.1, -0.05) is 18.2 Å². The van der Waals surface area contributed by atoms with Crippen molar-refractivity contribution in [3.63, 3.8) is 0 Å². The van der Waals surface area contributed by atoms with Crippen molar-refractivity contribution in [2.45, 2.75) is 0 Å². The summed E-state index contributed by atoms with van der Waals surface area (Å²) >= 11 is 3.49. The zero-order chi connectivity index (χ0) is 17.9. The fraction of sp³-hybridized carbons (Fsp3) is 0.222. The second-order valence-electron chi connectivity index (χ2n) is 5.75. The lowest BCUT2D eigenvalue weighted by Gasteiger charge is -2.26. The number of rotatable bonds is 4. The zero-order valence-electron chi connectivity index (χ0n) is 13.8. The number of carbonyl (C=O) groups excluding carboxylic acids is 1. The van der Waals surface area contributed by atoms with Gasteiger partial charge < -0.3 is 18.5 Å². The summed E-state index contributed by atoms with van der Waals surface area (Å²) < 4.78 is 17.5. The van der Waals surface area contributed by atoms with E-state index in [4.69, 9.17) is 13.6 Å². The first-order valence-corrected chi connectivity index (χ1v) is 8.94. The summed E-state index contributed by atoms with van der Waals surface area (Å²) in [6, 6.07) is 10.9. The minimum atomic E-state index is -0.420. The summed E-state index contributed by atoms with van der Waals surface area (Å²) in [4.78, 5) is 14.2. The van der Waals surface area contributed by atoms with Crippen molar-refractivity contribution in [2.24, 2.45) is 5.10 Å². The van der Waals surface area contributed by atoms with E-state index in [-0.39, 0.29) is 5.76 Å². The maximum atomic E-state index is 12.1. The van der Waals surface area contributed by atoms with E-state index in [1.54, 1.807) is 6.07 Å². The molecular formula is C18H16BrN3O4. The highest BCUT2D eigenvalue weighted by Crippen LogP contribution is 2.30. The van der Waals surface area contributed by atoms with E-state index in [1.165, 1.54) is 6.21 Å². The van der Waals surface area contributed by atoms with Crippen LogP contribution in [-0.4, -0.2) is 38.4 Å². The van der Waals surface area contributed by atoms with Gasteiger partial charge in [-0.05, 0) is 28.1 Å². The molecule has 1 aromatic carbocycles. The lowest BCUT2D eigenvalue weighted by molar-refractivity contribution is 0.0929. The largest absolute Gasteiger partial charge is 0.451 e. The second-order valence-corrected chi connectivity index (χ2v) is 6.60. The number of para-hydroxylation sites is 1. The summed E-state index contributed by atoms with van der Waals surface area (Å²) in [5, 5.41) is 4.81. The van der Waals surface area contributed by atoms with Crippen LogP contribution in [0.5, 0.6) is 0 Å². The molecular weight excluding hydrogens is 402 g/mol. The molecule has 1 amide bonds. The second kappa shape index (κ2) is 7.35. The molecule has 0 atom stereocenters. The number of nitrogens with one attached hydrogen (secondary N) is 1. The average molecular weight is 418 g/mol. The molecule has 0 bridgehead atoms. The third-order valence-corrected chi connectivity index (χ3v) is 4.56. The predicted molar refractivity (Wildman–Crippen MR) is 101 cm³/mol. The molecule has 1 aliphatic rings. The van der Waals surface area contributed by atoms with E-state index in [0.717, 1.165) is 28.8 Å². The Morgan fingerprint density at radius 3 is 2.81 bits per heavy atom. The molecule has 26 heavy (non-hydrogen) atoms. The van der Waals surface area contributed by atoms with Crippen molar-refractivity contribution in [1.82, 2.24) is 5.43 Å². The number of carbonyl (C=O) groups is 1. The SMILES string of the molecule is O=C(NN=Cc1cc(Br)c(N2CCOCC2)o1)c1cc2ccccc2o1. The molecule has 2 aromatic heterocycles. The van der Waals surface area contributed by atoms with Crippen molar-refractivity contribution in [1.29, 1.82) is 0 Å². The van der Waals surface area contributed by atoms with Crippen molar-refractivity contribution in [2.75, 3.05) is 31.2 Å². The number of benzene rings is 1. The van der Waals surface area contributed by atoms with Gasteiger partial charge in [-0.15, -0.1) is 0 Å². The molecule has 134 valence electrons. The quantitative estimate of drug-likeness (QED) is 0.519. The van der Waals surface area contributed by atoms with Gasteiger partial charge in [-0.3, -0.25) is 4.79 Å². The van der Waals surface area contributed by atoms with Gasteiger partial charge in [0, 0.05) is 24.5 Å². The first kappa shape index (κ1) is 16.9. The third kappa shape index (κ3) is 3.51. The molecule has 4 rings (SSSR count). The molecule has 1 aliphatic heterocycles. The molecule has 1 saturated heterocycles. The van der Waals surface area contributed by atoms with Crippen LogP contribution in [0, 0.1) is 0 Å². The van der Waals surface area contributed by atoms with Gasteiger partial charge >= 0.3 is 5.91 Å². The van der Waals surface area contributed by atoms with Crippen LogP contribution in [-0.2, 0) is 4.74 Å². The number of furan rings is 2. The fourth-order valence-electron chi connectivity index (χ4n) is 2.73. The van der Waals surface area contributed by atoms with Crippen LogP contribution < -0.4 is 10.3 Å². The van der Waals surface area contributed by atoms with E-state index in [2.05, 4.69) is 31.4 Å². The highest BCUT2D eigenvalue weighted by Gasteiger charge is 2.18. The zero-order valence-corrected chi connectivity index (χ0v) is 15.4. The Labute approximate surface area is 157 Å². The van der Waals surface area contributed by atoms with E-state index < -0.39 is 5.91 Å². The lowest BCUT2D eigenvalue weighted by Crippen LogP contribution is -2.36. The first-order chi connectivity index (χ1) is 12.7. The Bertz CT molecular complexity index is 923. The molecule has 8 heteroatoms. The predicted octanol–water partition coefficient (Wildman–Crippen LogP) is 3.39. The number of hydrogen-bond donors (Lipinski definition) is 1. The van der Waals surface area contributed by atoms with Gasteiger partial charge in [0.05, 0.1) is 23.9 Å². The minimum absolute atomic E-state index is 0.206. The molecule has 3 heterocycles. The Morgan fingerprint density at radius 2 is 2.00 bits per heavy atom. The summed E-state index contributed by atoms with van der Waals surface area (Å²) in [6.07, 6.45) is 1.45. The van der Waals surface area contributed by atoms with E-state index in [9.17, 15) is 4.79 Å². The van der Waals surface area contributed by atoms with Gasteiger partial charge in [0.2, 0.25) is 5.88 Å². The summed E-state index contributed by atoms with van der Waals surface area (Å²) in [7, 11) is 0. The summed E-state index contributed by atoms with van der Waals surface area (Å²) in [6.45, 7) is 2.88. The van der Waals surface area contributed by atoms with Gasteiger partial charge in [0.25, 0.3) is 0 Å². The van der Waals surface area contributed by atoms with Gasteiger partial charge in [-0.25, -0.2) is 5.43 Å². The Morgan fingerprint density at radius 1 is 1.19 bits per heavy atom. The molecule has 0 radical (unpaired) electrons. The first-order valence-electron chi connectivity index (χ1n) is 8.15. The van der Waals surface area contributed by atoms with Crippen LogP contribution in [0.25, 0.3) is 11.0 Å². The van der Waals surface area contributed by atoms with E-state index >= 15 is 0 Å². The Balaban J connectivity index is 1.42. The number of halogens is 1. The fourth-order valence-corrected chi connectivity index (χ4v) is 3.28. The van der Waals surface area contributed by atoms with E-state index in [1.807, 2.05) is 30.3 Å². The molecule has 1 fully saturated rings. The van der Waals surface area contributed by atoms with Crippen LogP contribution in [0.15, 0.2) is 54.8 Å². The molecule has 0 spiro atoms. The lowest BCUT2D eigenvalue weighted by atomic mass is 10.2. The molecule has 1 N–H and O–H groups in total. The number of nitrogens with zero attached hydrogens (tertiary/aromatic N) is 2. The van der Waals surface area contributed by atoms with Crippen molar-refractivity contribution in [3.05, 3.63) is 52.4 Å². The topological polar surface area (TPSA) is 80.2 Å². The maximum Gasteiger partial charge on any atom is 0.307 e. The Kier molecular flexibility index (Phi) is 4.77. The van der Waals surface area contributed by atoms with Crippen molar-refractivity contribution >= 4 is 44.9 Å². The molecule has 3 aromatic rings. The molecule has 0 unspecified atom stereocenters. The van der Waals surface area contributed by atoms with Gasteiger partial charge in [0.1, 0.15) is 5.58 Å². The highest BCUT2D eigenvalue weighted by atomic mass is 79.9. The standard InChI is InChI=1S/C18H16BrN3O4/c19-14-10-13(25-18(14)22-5-7-24-8-6-22)11-20-21-17(23)16-9-12-3-1-2-4-15(12)26-16/h1-4,9-11H,5-8H2,(H,21,23). The Hall–Kier alpha value is -2.58. The van der Waals surface area contributed by atoms with Crippen LogP contribution in [0.3, 0.4) is 0 Å². The van der Waals surface area contributed by atoms with Gasteiger partial charge in [0.15, 0.2) is 11.5 Å². The molecule has 0 saturated carbocycles. The number of morpholine rings is 1. The van der Waals surface area contributed by atoms with Crippen molar-refractivity contribution in [3.8, 4) is 0 Å². The summed E-state index contributed by atoms with van der Waals surface area (Å²) in [5.74, 6) is 1.05. The van der Waals surface area contributed by atoms with Crippen LogP contribution in [0.1, 0.15) is 16.3 Å². The highest BCUT2D eigenvalue weighted by molar-refractivity contribution is 9.10. The molecule has 0 aliphatic carbocycles. The smallest absolute Gasteiger partial charge is 0.307 e. The van der Waals surface area contributed by atoms with Crippen molar-refractivity contribution < 1.29 is 18.4 Å². The number of anilines is 1. The number of hydrogen-bond acceptors (Lipinski definition) is 6. The monoisotopic (exact) mass is 417 g/mol. The molecule has 7 nitrogen and oxygen atoms in total. The number of ether oxygens (including phenoxy) is 1. The van der Waals surface area contributed by atoms with Crippen LogP contribution >= 0.6 is 15.9 Å².